The van der Waals surface area contributed by atoms with Crippen LogP contribution < -0.4 is 4.74 Å². The molecule has 0 unspecified atom stereocenters. The average molecular weight is 517 g/mol. The fraction of sp³-hybridized carbons (Fsp3) is 0.516. The number of phenols is 1. The van der Waals surface area contributed by atoms with Crippen molar-refractivity contribution in [1.82, 2.24) is 9.80 Å². The lowest BCUT2D eigenvalue weighted by atomic mass is 9.38. The molecule has 0 radical (unpaired) electrons. The summed E-state index contributed by atoms with van der Waals surface area (Å²) in [5.74, 6) is 0.783. The van der Waals surface area contributed by atoms with Crippen LogP contribution in [0.15, 0.2) is 48.0 Å². The number of hydrogen-bond donors (Lipinski definition) is 2. The summed E-state index contributed by atoms with van der Waals surface area (Å²) in [4.78, 5) is 18.3. The van der Waals surface area contributed by atoms with Crippen LogP contribution in [-0.2, 0) is 23.2 Å². The van der Waals surface area contributed by atoms with E-state index in [0.717, 1.165) is 43.8 Å². The van der Waals surface area contributed by atoms with Gasteiger partial charge in [0, 0.05) is 42.7 Å². The molecular formula is C31H33FN2O4. The highest BCUT2D eigenvalue weighted by molar-refractivity contribution is 5.97. The smallest absolute Gasteiger partial charge is 0.252 e. The molecule has 38 heavy (non-hydrogen) atoms. The lowest BCUT2D eigenvalue weighted by molar-refractivity contribution is -0.188. The van der Waals surface area contributed by atoms with E-state index in [1.54, 1.807) is 30.1 Å². The molecule has 6 nitrogen and oxygen atoms in total. The first kappa shape index (κ1) is 23.0. The first-order valence-electron chi connectivity index (χ1n) is 14.0. The Kier molecular flexibility index (Phi) is 4.48. The van der Waals surface area contributed by atoms with E-state index in [1.807, 2.05) is 6.07 Å². The molecule has 2 aliphatic heterocycles. The highest BCUT2D eigenvalue weighted by Gasteiger charge is 2.78. The van der Waals surface area contributed by atoms with Crippen LogP contribution in [0.5, 0.6) is 11.5 Å². The molecule has 4 bridgehead atoms. The lowest BCUT2D eigenvalue weighted by Gasteiger charge is -2.70. The van der Waals surface area contributed by atoms with Gasteiger partial charge in [-0.05, 0) is 80.3 Å². The second-order valence-corrected chi connectivity index (χ2v) is 12.6. The molecule has 2 N–H and O–H groups in total. The van der Waals surface area contributed by atoms with Crippen molar-refractivity contribution in [2.45, 2.75) is 68.2 Å². The van der Waals surface area contributed by atoms with Crippen LogP contribution in [0.25, 0.3) is 0 Å². The van der Waals surface area contributed by atoms with E-state index >= 15 is 0 Å². The van der Waals surface area contributed by atoms with Crippen LogP contribution in [0.1, 0.15) is 48.8 Å². The second-order valence-electron chi connectivity index (χ2n) is 12.6. The van der Waals surface area contributed by atoms with E-state index in [1.165, 1.54) is 30.5 Å². The van der Waals surface area contributed by atoms with Gasteiger partial charge in [0.15, 0.2) is 11.5 Å². The molecule has 2 aromatic rings. The molecule has 2 spiro atoms. The minimum Gasteiger partial charge on any atom is -0.504 e. The molecule has 2 saturated carbocycles. The molecule has 198 valence electrons. The zero-order valence-electron chi connectivity index (χ0n) is 21.6. The number of aliphatic hydroxyl groups is 1. The number of hydrogen-bond acceptors (Lipinski definition) is 5. The minimum absolute atomic E-state index is 0.112. The quantitative estimate of drug-likeness (QED) is 0.635. The molecule has 9 rings (SSSR count). The maximum Gasteiger partial charge on any atom is 0.252 e. The maximum atomic E-state index is 14.1. The van der Waals surface area contributed by atoms with Crippen molar-refractivity contribution in [3.63, 3.8) is 0 Å². The van der Waals surface area contributed by atoms with Crippen molar-refractivity contribution in [3.05, 3.63) is 70.6 Å². The highest BCUT2D eigenvalue weighted by atomic mass is 19.1. The number of aromatic hydroxyl groups is 1. The van der Waals surface area contributed by atoms with Gasteiger partial charge >= 0.3 is 0 Å². The van der Waals surface area contributed by atoms with Gasteiger partial charge in [-0.1, -0.05) is 24.3 Å². The minimum atomic E-state index is -1.46. The molecule has 5 atom stereocenters. The molecule has 7 heteroatoms. The van der Waals surface area contributed by atoms with Crippen LogP contribution in [0.4, 0.5) is 4.39 Å². The molecule has 2 aromatic carbocycles. The van der Waals surface area contributed by atoms with Gasteiger partial charge in [-0.25, -0.2) is 4.39 Å². The topological polar surface area (TPSA) is 73.2 Å². The number of rotatable bonds is 5. The number of halogens is 1. The van der Waals surface area contributed by atoms with Crippen LogP contribution in [0.2, 0.25) is 0 Å². The Balaban J connectivity index is 1.27. The second kappa shape index (κ2) is 7.39. The summed E-state index contributed by atoms with van der Waals surface area (Å²) in [7, 11) is 1.71. The maximum absolute atomic E-state index is 14.1. The molecule has 3 fully saturated rings. The monoisotopic (exact) mass is 516 g/mol. The number of carbonyl (C=O) groups excluding carboxylic acids is 1. The number of phenolic OH excluding ortho intramolecular Hbond substituents is 1. The summed E-state index contributed by atoms with van der Waals surface area (Å²) in [6.45, 7) is 2.26. The van der Waals surface area contributed by atoms with Crippen molar-refractivity contribution < 1.29 is 24.1 Å². The number of amides is 1. The summed E-state index contributed by atoms with van der Waals surface area (Å²) in [5, 5.41) is 23.3. The molecule has 1 saturated heterocycles. The fourth-order valence-corrected chi connectivity index (χ4v) is 8.99. The number of piperidine rings is 1. The molecular weight excluding hydrogens is 483 g/mol. The standard InChI is InChI=1S/C31H33FN2O4/c1-33(16-19-3-2-4-21(32)13-19)27(36)22-15-29-9-10-31(22,37)28-30(29)11-12-34(17-18-5-6-18)24(29)14-20-7-8-23(35)26(38-28)25(20)30/h2-4,7-8,13,15,18,24,28,35,37H,5-6,9-12,14,16-17H2,1H3/t24-,28-,29-,30+,31-/m1/s1. The predicted molar refractivity (Wildman–Crippen MR) is 138 cm³/mol. The van der Waals surface area contributed by atoms with Crippen LogP contribution in [0.3, 0.4) is 0 Å². The zero-order chi connectivity index (χ0) is 26.0. The van der Waals surface area contributed by atoms with Crippen molar-refractivity contribution in [2.24, 2.45) is 11.3 Å². The van der Waals surface area contributed by atoms with Crippen molar-refractivity contribution in [3.8, 4) is 11.5 Å². The molecule has 2 heterocycles. The lowest BCUT2D eigenvalue weighted by Crippen LogP contribution is -2.78. The first-order chi connectivity index (χ1) is 18.3. The van der Waals surface area contributed by atoms with Gasteiger partial charge in [0.2, 0.25) is 0 Å². The molecule has 0 aromatic heterocycles. The highest BCUT2D eigenvalue weighted by Crippen LogP contribution is 2.74. The van der Waals surface area contributed by atoms with Crippen molar-refractivity contribution >= 4 is 5.91 Å². The Labute approximate surface area is 221 Å². The molecule has 1 amide bonds. The Morgan fingerprint density at radius 1 is 1.21 bits per heavy atom. The number of benzene rings is 2. The van der Waals surface area contributed by atoms with Gasteiger partial charge in [0.25, 0.3) is 5.91 Å². The third kappa shape index (κ3) is 2.71. The third-order valence-electron chi connectivity index (χ3n) is 10.7. The van der Waals surface area contributed by atoms with Gasteiger partial charge in [-0.15, -0.1) is 0 Å². The number of likely N-dealkylation sites (N-methyl/N-ethyl adjacent to an activating group) is 1. The normalized spacial score (nSPS) is 35.9. The molecule has 7 aliphatic rings. The zero-order valence-corrected chi connectivity index (χ0v) is 21.6. The van der Waals surface area contributed by atoms with Crippen molar-refractivity contribution in [1.29, 1.82) is 0 Å². The third-order valence-corrected chi connectivity index (χ3v) is 10.7. The summed E-state index contributed by atoms with van der Waals surface area (Å²) in [6, 6.07) is 10.3. The number of fused-ring (bicyclic) bond motifs is 1. The van der Waals surface area contributed by atoms with E-state index in [-0.39, 0.29) is 35.5 Å². The van der Waals surface area contributed by atoms with Crippen LogP contribution in [-0.4, -0.2) is 63.8 Å². The number of likely N-dealkylation sites (tertiary alicyclic amines) is 1. The van der Waals surface area contributed by atoms with E-state index in [0.29, 0.717) is 23.3 Å². The van der Waals surface area contributed by atoms with Gasteiger partial charge in [-0.2, -0.15) is 0 Å². The van der Waals surface area contributed by atoms with E-state index in [2.05, 4.69) is 11.0 Å². The number of nitrogens with zero attached hydrogens (tertiary/aromatic N) is 2. The van der Waals surface area contributed by atoms with E-state index in [4.69, 9.17) is 4.74 Å². The van der Waals surface area contributed by atoms with Gasteiger partial charge in [0.1, 0.15) is 17.5 Å². The summed E-state index contributed by atoms with van der Waals surface area (Å²) < 4.78 is 20.4. The Hall–Kier alpha value is -2.90. The van der Waals surface area contributed by atoms with Gasteiger partial charge in [-0.3, -0.25) is 9.69 Å². The van der Waals surface area contributed by atoms with Gasteiger partial charge < -0.3 is 19.8 Å². The van der Waals surface area contributed by atoms with Crippen molar-refractivity contribution in [2.75, 3.05) is 20.1 Å². The van der Waals surface area contributed by atoms with Crippen LogP contribution >= 0.6 is 0 Å². The fourth-order valence-electron chi connectivity index (χ4n) is 8.99. The van der Waals surface area contributed by atoms with E-state index in [9.17, 15) is 19.4 Å². The SMILES string of the molecule is CN(Cc1cccc(F)c1)C(=O)C1=C[C@@]23CC[C@]1(O)[C@@H]1Oc4c(O)ccc5c4[C@@]12CCN(CC1CC1)[C@@H]3C5. The Morgan fingerprint density at radius 3 is 2.84 bits per heavy atom. The first-order valence-corrected chi connectivity index (χ1v) is 14.0. The van der Waals surface area contributed by atoms with E-state index < -0.39 is 17.1 Å². The average Bonchev–Trinajstić information content (AvgIpc) is 3.63. The van der Waals surface area contributed by atoms with Crippen LogP contribution in [0, 0.1) is 17.2 Å². The molecule has 5 aliphatic carbocycles. The largest absolute Gasteiger partial charge is 0.504 e. The Morgan fingerprint density at radius 2 is 2.05 bits per heavy atom. The summed E-state index contributed by atoms with van der Waals surface area (Å²) in [5.41, 5.74) is 1.10. The summed E-state index contributed by atoms with van der Waals surface area (Å²) >= 11 is 0. The Bertz CT molecular complexity index is 1420. The summed E-state index contributed by atoms with van der Waals surface area (Å²) in [6.07, 6.45) is 7.00. The predicted octanol–water partition coefficient (Wildman–Crippen LogP) is 3.68. The number of ether oxygens (including phenoxy) is 1. The van der Waals surface area contributed by atoms with Gasteiger partial charge in [0.05, 0.1) is 5.41 Å². The number of carbonyl (C=O) groups is 1.